The predicted molar refractivity (Wildman–Crippen MR) is 101 cm³/mol. The van der Waals surface area contributed by atoms with Crippen molar-refractivity contribution in [1.29, 1.82) is 0 Å². The minimum Gasteiger partial charge on any atom is -0.399 e. The molecule has 2 aliphatic heterocycles. The molecule has 3 rings (SSSR count). The Hall–Kier alpha value is -1.67. The standard InChI is InChI=1S/C18H29BN4O3/c1-13(24)23-9-7-6-8-15(23)12-22-16-20-10-14(11-21-16)19-25-17(2,3)18(4,5)26-19/h10-11,15H,6-9,12H2,1-5H3,(H,20,21,22). The largest absolute Gasteiger partial charge is 0.498 e. The van der Waals surface area contributed by atoms with Crippen molar-refractivity contribution in [3.63, 3.8) is 0 Å². The number of nitrogens with zero attached hydrogens (tertiary/aromatic N) is 3. The van der Waals surface area contributed by atoms with E-state index in [1.165, 1.54) is 0 Å². The highest BCUT2D eigenvalue weighted by Gasteiger charge is 2.51. The Morgan fingerprint density at radius 3 is 2.42 bits per heavy atom. The van der Waals surface area contributed by atoms with Crippen LogP contribution in [0.15, 0.2) is 12.4 Å². The molecule has 1 N–H and O–H groups in total. The van der Waals surface area contributed by atoms with E-state index in [9.17, 15) is 4.79 Å². The van der Waals surface area contributed by atoms with Gasteiger partial charge in [0.25, 0.3) is 0 Å². The van der Waals surface area contributed by atoms with E-state index >= 15 is 0 Å². The zero-order valence-corrected chi connectivity index (χ0v) is 16.4. The normalized spacial score (nSPS) is 24.6. The average molecular weight is 360 g/mol. The van der Waals surface area contributed by atoms with Gasteiger partial charge in [0.15, 0.2) is 0 Å². The van der Waals surface area contributed by atoms with Crippen molar-refractivity contribution in [2.45, 2.75) is 71.1 Å². The number of nitrogens with one attached hydrogen (secondary N) is 1. The molecular formula is C18H29BN4O3. The second kappa shape index (κ2) is 7.16. The second-order valence-electron chi connectivity index (χ2n) is 8.17. The predicted octanol–water partition coefficient (Wildman–Crippen LogP) is 1.59. The minimum atomic E-state index is -0.458. The van der Waals surface area contributed by atoms with Gasteiger partial charge in [0.2, 0.25) is 11.9 Å². The summed E-state index contributed by atoms with van der Waals surface area (Å²) in [7, 11) is -0.458. The number of piperidine rings is 1. The summed E-state index contributed by atoms with van der Waals surface area (Å²) in [6, 6.07) is 0.202. The number of aromatic nitrogens is 2. The SMILES string of the molecule is CC(=O)N1CCCCC1CNc1ncc(B2OC(C)(C)C(C)(C)O2)cn1. The summed E-state index contributed by atoms with van der Waals surface area (Å²) in [5.41, 5.74) is 0.0366. The molecule has 8 heteroatoms. The van der Waals surface area contributed by atoms with E-state index in [0.717, 1.165) is 31.3 Å². The molecule has 7 nitrogen and oxygen atoms in total. The van der Waals surface area contributed by atoms with Gasteiger partial charge >= 0.3 is 7.12 Å². The summed E-state index contributed by atoms with van der Waals surface area (Å²) in [4.78, 5) is 22.5. The number of likely N-dealkylation sites (tertiary alicyclic amines) is 1. The highest BCUT2D eigenvalue weighted by Crippen LogP contribution is 2.36. The lowest BCUT2D eigenvalue weighted by atomic mass is 9.81. The van der Waals surface area contributed by atoms with E-state index in [2.05, 4.69) is 15.3 Å². The van der Waals surface area contributed by atoms with Crippen LogP contribution in [-0.4, -0.2) is 58.2 Å². The molecule has 1 aromatic rings. The number of rotatable bonds is 4. The van der Waals surface area contributed by atoms with Crippen molar-refractivity contribution in [2.75, 3.05) is 18.4 Å². The number of hydrogen-bond donors (Lipinski definition) is 1. The van der Waals surface area contributed by atoms with Crippen LogP contribution < -0.4 is 10.8 Å². The van der Waals surface area contributed by atoms with Crippen molar-refractivity contribution in [3.05, 3.63) is 12.4 Å². The Kier molecular flexibility index (Phi) is 5.26. The Bertz CT molecular complexity index is 634. The maximum atomic E-state index is 11.8. The van der Waals surface area contributed by atoms with Gasteiger partial charge in [-0.3, -0.25) is 4.79 Å². The highest BCUT2D eigenvalue weighted by atomic mass is 16.7. The van der Waals surface area contributed by atoms with Gasteiger partial charge in [0.05, 0.1) is 11.2 Å². The second-order valence-corrected chi connectivity index (χ2v) is 8.17. The lowest BCUT2D eigenvalue weighted by Crippen LogP contribution is -2.46. The van der Waals surface area contributed by atoms with Crippen LogP contribution in [0.3, 0.4) is 0 Å². The Balaban J connectivity index is 1.59. The van der Waals surface area contributed by atoms with Gasteiger partial charge in [-0.1, -0.05) is 0 Å². The van der Waals surface area contributed by atoms with Crippen LogP contribution in [0.4, 0.5) is 5.95 Å². The zero-order chi connectivity index (χ0) is 18.9. The molecule has 0 radical (unpaired) electrons. The monoisotopic (exact) mass is 360 g/mol. The number of amides is 1. The van der Waals surface area contributed by atoms with E-state index in [0.29, 0.717) is 12.5 Å². The quantitative estimate of drug-likeness (QED) is 0.822. The van der Waals surface area contributed by atoms with Crippen molar-refractivity contribution in [2.24, 2.45) is 0 Å². The van der Waals surface area contributed by atoms with Crippen molar-refractivity contribution in [3.8, 4) is 0 Å². The van der Waals surface area contributed by atoms with E-state index < -0.39 is 7.12 Å². The smallest absolute Gasteiger partial charge is 0.399 e. The molecule has 26 heavy (non-hydrogen) atoms. The number of carbonyl (C=O) groups excluding carboxylic acids is 1. The molecule has 2 fully saturated rings. The molecule has 1 atom stereocenters. The molecular weight excluding hydrogens is 331 g/mol. The van der Waals surface area contributed by atoms with Crippen molar-refractivity contribution >= 4 is 24.4 Å². The molecule has 0 spiro atoms. The summed E-state index contributed by atoms with van der Waals surface area (Å²) < 4.78 is 12.0. The lowest BCUT2D eigenvalue weighted by molar-refractivity contribution is -0.132. The molecule has 3 heterocycles. The third kappa shape index (κ3) is 3.86. The van der Waals surface area contributed by atoms with Crippen LogP contribution in [0.5, 0.6) is 0 Å². The molecule has 2 saturated heterocycles. The third-order valence-corrected chi connectivity index (χ3v) is 5.72. The summed E-state index contributed by atoms with van der Waals surface area (Å²) in [5.74, 6) is 0.688. The summed E-state index contributed by atoms with van der Waals surface area (Å²) in [6.07, 6.45) is 6.72. The van der Waals surface area contributed by atoms with Gasteiger partial charge in [0, 0.05) is 43.9 Å². The van der Waals surface area contributed by atoms with Gasteiger partial charge in [-0.25, -0.2) is 9.97 Å². The van der Waals surface area contributed by atoms with Gasteiger partial charge < -0.3 is 19.5 Å². The first-order valence-electron chi connectivity index (χ1n) is 9.38. The highest BCUT2D eigenvalue weighted by molar-refractivity contribution is 6.61. The molecule has 1 amide bonds. The van der Waals surface area contributed by atoms with E-state index in [4.69, 9.17) is 9.31 Å². The fourth-order valence-electron chi connectivity index (χ4n) is 3.37. The van der Waals surface area contributed by atoms with Crippen LogP contribution in [0.2, 0.25) is 0 Å². The van der Waals surface area contributed by atoms with Crippen molar-refractivity contribution < 1.29 is 14.1 Å². The number of carbonyl (C=O) groups is 1. The number of anilines is 1. The van der Waals surface area contributed by atoms with Crippen molar-refractivity contribution in [1.82, 2.24) is 14.9 Å². The van der Waals surface area contributed by atoms with Crippen LogP contribution in [0.1, 0.15) is 53.9 Å². The maximum absolute atomic E-state index is 11.8. The van der Waals surface area contributed by atoms with Gasteiger partial charge in [-0.05, 0) is 47.0 Å². The van der Waals surface area contributed by atoms with Gasteiger partial charge in [-0.2, -0.15) is 0 Å². The van der Waals surface area contributed by atoms with Crippen LogP contribution in [0, 0.1) is 0 Å². The first kappa shape index (κ1) is 19.1. The first-order chi connectivity index (χ1) is 12.2. The minimum absolute atomic E-state index is 0.133. The first-order valence-corrected chi connectivity index (χ1v) is 9.38. The molecule has 1 aromatic heterocycles. The molecule has 0 aromatic carbocycles. The molecule has 0 saturated carbocycles. The van der Waals surface area contributed by atoms with E-state index in [-0.39, 0.29) is 23.2 Å². The lowest BCUT2D eigenvalue weighted by Gasteiger charge is -2.35. The van der Waals surface area contributed by atoms with Gasteiger partial charge in [0.1, 0.15) is 0 Å². The molecule has 0 aliphatic carbocycles. The van der Waals surface area contributed by atoms with E-state index in [1.807, 2.05) is 32.6 Å². The fourth-order valence-corrected chi connectivity index (χ4v) is 3.37. The fraction of sp³-hybridized carbons (Fsp3) is 0.722. The molecule has 2 aliphatic rings. The third-order valence-electron chi connectivity index (χ3n) is 5.72. The van der Waals surface area contributed by atoms with E-state index in [1.54, 1.807) is 19.3 Å². The maximum Gasteiger partial charge on any atom is 0.498 e. The molecule has 142 valence electrons. The summed E-state index contributed by atoms with van der Waals surface area (Å²) >= 11 is 0. The van der Waals surface area contributed by atoms with Crippen LogP contribution in [-0.2, 0) is 14.1 Å². The summed E-state index contributed by atoms with van der Waals surface area (Å²) in [6.45, 7) is 11.2. The van der Waals surface area contributed by atoms with Crippen LogP contribution >= 0.6 is 0 Å². The molecule has 0 bridgehead atoms. The van der Waals surface area contributed by atoms with Gasteiger partial charge in [-0.15, -0.1) is 0 Å². The molecule has 1 unspecified atom stereocenters. The Labute approximate surface area is 156 Å². The van der Waals surface area contributed by atoms with Crippen LogP contribution in [0.25, 0.3) is 0 Å². The number of hydrogen-bond acceptors (Lipinski definition) is 6. The average Bonchev–Trinajstić information content (AvgIpc) is 2.81. The topological polar surface area (TPSA) is 76.6 Å². The zero-order valence-electron chi connectivity index (χ0n) is 16.4. The Morgan fingerprint density at radius 1 is 1.23 bits per heavy atom. The summed E-state index contributed by atoms with van der Waals surface area (Å²) in [5, 5.41) is 3.25. The Morgan fingerprint density at radius 2 is 1.85 bits per heavy atom.